The van der Waals surface area contributed by atoms with Gasteiger partial charge < -0.3 is 0 Å². The average Bonchev–Trinajstić information content (AvgIpc) is 2.00. The molecule has 1 atom stereocenters. The van der Waals surface area contributed by atoms with E-state index in [9.17, 15) is 9.59 Å². The third kappa shape index (κ3) is 2.14. The molecule has 0 radical (unpaired) electrons. The molecule has 1 aliphatic rings. The van der Waals surface area contributed by atoms with Crippen LogP contribution in [0.25, 0.3) is 0 Å². The minimum atomic E-state index is -0.155. The molecule has 0 aromatic rings. The van der Waals surface area contributed by atoms with Crippen molar-refractivity contribution in [1.82, 2.24) is 0 Å². The number of Topliss-reactive ketones (excluding diaryl/α,β-unsaturated/α-hetero) is 2. The molecule has 1 aliphatic carbocycles. The molecule has 2 nitrogen and oxygen atoms in total. The van der Waals surface area contributed by atoms with Crippen molar-refractivity contribution >= 4 is 11.6 Å². The summed E-state index contributed by atoms with van der Waals surface area (Å²) in [6, 6.07) is 0. The van der Waals surface area contributed by atoms with Crippen LogP contribution in [0.2, 0.25) is 0 Å². The molecule has 2 heteroatoms. The van der Waals surface area contributed by atoms with Gasteiger partial charge in [0.05, 0.1) is 0 Å². The molecule has 0 aromatic carbocycles. The largest absolute Gasteiger partial charge is 0.291 e. The Morgan fingerprint density at radius 3 is 2.64 bits per heavy atom. The monoisotopic (exact) mass is 154 g/mol. The van der Waals surface area contributed by atoms with E-state index in [-0.39, 0.29) is 17.5 Å². The zero-order chi connectivity index (χ0) is 8.27. The number of carbonyl (C=O) groups is 2. The first-order valence-electron chi connectivity index (χ1n) is 4.29. The van der Waals surface area contributed by atoms with E-state index < -0.39 is 0 Å². The van der Waals surface area contributed by atoms with E-state index in [2.05, 4.69) is 0 Å². The van der Waals surface area contributed by atoms with Gasteiger partial charge >= 0.3 is 0 Å². The van der Waals surface area contributed by atoms with E-state index in [1.54, 1.807) is 0 Å². The first-order valence-corrected chi connectivity index (χ1v) is 4.29. The van der Waals surface area contributed by atoms with Gasteiger partial charge in [-0.25, -0.2) is 0 Å². The van der Waals surface area contributed by atoms with Crippen LogP contribution in [-0.4, -0.2) is 11.6 Å². The Labute approximate surface area is 67.0 Å². The predicted molar refractivity (Wildman–Crippen MR) is 42.3 cm³/mol. The van der Waals surface area contributed by atoms with Gasteiger partial charge in [0.1, 0.15) is 0 Å². The minimum absolute atomic E-state index is 0.0252. The van der Waals surface area contributed by atoms with Crippen LogP contribution in [0.1, 0.15) is 39.0 Å². The van der Waals surface area contributed by atoms with Crippen molar-refractivity contribution < 1.29 is 9.59 Å². The lowest BCUT2D eigenvalue weighted by molar-refractivity contribution is -0.139. The van der Waals surface area contributed by atoms with E-state index in [1.807, 2.05) is 6.92 Å². The van der Waals surface area contributed by atoms with Crippen molar-refractivity contribution in [2.75, 3.05) is 0 Å². The number of hydrogen-bond donors (Lipinski definition) is 0. The minimum Gasteiger partial charge on any atom is -0.291 e. The Kier molecular flexibility index (Phi) is 2.80. The molecule has 1 rings (SSSR count). The van der Waals surface area contributed by atoms with Crippen LogP contribution in [0.5, 0.6) is 0 Å². The standard InChI is InChI=1S/C9H14O2/c1-7-5-3-2-4-6-8(10)9(7)11/h7H,2-6H2,1H3. The Bertz CT molecular complexity index is 172. The first kappa shape index (κ1) is 8.44. The fraction of sp³-hybridized carbons (Fsp3) is 0.778. The lowest BCUT2D eigenvalue weighted by Crippen LogP contribution is -2.23. The van der Waals surface area contributed by atoms with Crippen LogP contribution in [-0.2, 0) is 9.59 Å². The van der Waals surface area contributed by atoms with E-state index in [0.717, 1.165) is 25.7 Å². The van der Waals surface area contributed by atoms with Gasteiger partial charge in [-0.05, 0) is 12.8 Å². The number of ketones is 2. The molecule has 62 valence electrons. The van der Waals surface area contributed by atoms with Gasteiger partial charge in [0, 0.05) is 12.3 Å². The smallest absolute Gasteiger partial charge is 0.201 e. The molecule has 0 saturated heterocycles. The zero-order valence-corrected chi connectivity index (χ0v) is 6.93. The Balaban J connectivity index is 2.56. The summed E-state index contributed by atoms with van der Waals surface area (Å²) in [5.74, 6) is -0.329. The Morgan fingerprint density at radius 1 is 1.18 bits per heavy atom. The predicted octanol–water partition coefficient (Wildman–Crippen LogP) is 1.72. The summed E-state index contributed by atoms with van der Waals surface area (Å²) < 4.78 is 0. The van der Waals surface area contributed by atoms with Crippen LogP contribution < -0.4 is 0 Å². The molecule has 0 spiro atoms. The van der Waals surface area contributed by atoms with Gasteiger partial charge in [-0.15, -0.1) is 0 Å². The molecule has 0 aliphatic heterocycles. The van der Waals surface area contributed by atoms with Gasteiger partial charge in [0.25, 0.3) is 0 Å². The van der Waals surface area contributed by atoms with Gasteiger partial charge in [0.2, 0.25) is 5.78 Å². The topological polar surface area (TPSA) is 34.1 Å². The number of carbonyl (C=O) groups excluding carboxylic acids is 2. The van der Waals surface area contributed by atoms with Crippen molar-refractivity contribution in [3.63, 3.8) is 0 Å². The first-order chi connectivity index (χ1) is 5.22. The fourth-order valence-corrected chi connectivity index (χ4v) is 1.44. The third-order valence-electron chi connectivity index (χ3n) is 2.26. The summed E-state index contributed by atoms with van der Waals surface area (Å²) in [6.45, 7) is 1.85. The molecule has 1 unspecified atom stereocenters. The lowest BCUT2D eigenvalue weighted by atomic mass is 9.91. The molecule has 0 aromatic heterocycles. The summed E-state index contributed by atoms with van der Waals surface area (Å²) in [5.41, 5.74) is 0. The maximum absolute atomic E-state index is 11.1. The maximum Gasteiger partial charge on any atom is 0.201 e. The van der Waals surface area contributed by atoms with Crippen molar-refractivity contribution in [2.45, 2.75) is 39.0 Å². The fourth-order valence-electron chi connectivity index (χ4n) is 1.44. The summed E-state index contributed by atoms with van der Waals surface area (Å²) in [5, 5.41) is 0. The van der Waals surface area contributed by atoms with E-state index in [4.69, 9.17) is 0 Å². The average molecular weight is 154 g/mol. The van der Waals surface area contributed by atoms with Crippen LogP contribution >= 0.6 is 0 Å². The highest BCUT2D eigenvalue weighted by atomic mass is 16.2. The van der Waals surface area contributed by atoms with E-state index in [0.29, 0.717) is 6.42 Å². The van der Waals surface area contributed by atoms with E-state index in [1.165, 1.54) is 0 Å². The second-order valence-corrected chi connectivity index (χ2v) is 3.29. The second-order valence-electron chi connectivity index (χ2n) is 3.29. The van der Waals surface area contributed by atoms with Crippen LogP contribution in [0.15, 0.2) is 0 Å². The molecular formula is C9H14O2. The van der Waals surface area contributed by atoms with Crippen LogP contribution in [0.3, 0.4) is 0 Å². The quantitative estimate of drug-likeness (QED) is 0.498. The molecule has 0 N–H and O–H groups in total. The summed E-state index contributed by atoms with van der Waals surface area (Å²) in [4.78, 5) is 22.2. The molecule has 1 saturated carbocycles. The number of hydrogen-bond acceptors (Lipinski definition) is 2. The normalized spacial score (nSPS) is 27.9. The summed E-state index contributed by atoms with van der Waals surface area (Å²) in [7, 11) is 0. The lowest BCUT2D eigenvalue weighted by Gasteiger charge is -2.12. The highest BCUT2D eigenvalue weighted by Crippen LogP contribution is 2.16. The SMILES string of the molecule is CC1CCCCCC(=O)C1=O. The molecule has 0 heterocycles. The second kappa shape index (κ2) is 3.65. The van der Waals surface area contributed by atoms with Crippen molar-refractivity contribution in [2.24, 2.45) is 5.92 Å². The van der Waals surface area contributed by atoms with Gasteiger partial charge in [-0.3, -0.25) is 9.59 Å². The van der Waals surface area contributed by atoms with E-state index >= 15 is 0 Å². The summed E-state index contributed by atoms with van der Waals surface area (Å²) in [6.07, 6.45) is 4.47. The van der Waals surface area contributed by atoms with Crippen LogP contribution in [0.4, 0.5) is 0 Å². The molecule has 11 heavy (non-hydrogen) atoms. The molecule has 0 amide bonds. The van der Waals surface area contributed by atoms with Crippen molar-refractivity contribution in [3.05, 3.63) is 0 Å². The molecule has 0 bridgehead atoms. The van der Waals surface area contributed by atoms with Crippen LogP contribution in [0, 0.1) is 5.92 Å². The number of rotatable bonds is 0. The highest BCUT2D eigenvalue weighted by molar-refractivity contribution is 6.37. The Hall–Kier alpha value is -0.660. The Morgan fingerprint density at radius 2 is 1.91 bits per heavy atom. The van der Waals surface area contributed by atoms with Gasteiger partial charge in [0.15, 0.2) is 5.78 Å². The van der Waals surface area contributed by atoms with Crippen molar-refractivity contribution in [1.29, 1.82) is 0 Å². The molecule has 1 fully saturated rings. The zero-order valence-electron chi connectivity index (χ0n) is 6.93. The highest BCUT2D eigenvalue weighted by Gasteiger charge is 2.21. The third-order valence-corrected chi connectivity index (χ3v) is 2.26. The summed E-state index contributed by atoms with van der Waals surface area (Å²) >= 11 is 0. The maximum atomic E-state index is 11.1. The van der Waals surface area contributed by atoms with Gasteiger partial charge in [-0.2, -0.15) is 0 Å². The van der Waals surface area contributed by atoms with Crippen molar-refractivity contribution in [3.8, 4) is 0 Å². The van der Waals surface area contributed by atoms with Gasteiger partial charge in [-0.1, -0.05) is 19.8 Å². The molecular weight excluding hydrogens is 140 g/mol.